The fourth-order valence-electron chi connectivity index (χ4n) is 2.58. The third-order valence-electron chi connectivity index (χ3n) is 3.95. The van der Waals surface area contributed by atoms with Gasteiger partial charge in [-0.15, -0.1) is 0 Å². The van der Waals surface area contributed by atoms with E-state index in [0.717, 1.165) is 0 Å². The van der Waals surface area contributed by atoms with Crippen molar-refractivity contribution in [2.75, 3.05) is 0 Å². The smallest absolute Gasteiger partial charge is 0.152 e. The van der Waals surface area contributed by atoms with Gasteiger partial charge in [-0.25, -0.2) is 4.39 Å². The molecular weight excluding hydrogens is 464 g/mol. The van der Waals surface area contributed by atoms with Gasteiger partial charge in [0, 0.05) is 16.1 Å². The molecule has 0 unspecified atom stereocenters. The third-order valence-corrected chi connectivity index (χ3v) is 5.15. The molecule has 0 saturated carbocycles. The van der Waals surface area contributed by atoms with Crippen molar-refractivity contribution in [2.24, 2.45) is 0 Å². The molecule has 0 aromatic heterocycles. The Balaban J connectivity index is 1.88. The predicted molar refractivity (Wildman–Crippen MR) is 115 cm³/mol. The summed E-state index contributed by atoms with van der Waals surface area (Å²) in [5, 5.41) is 10.3. The SMILES string of the molecule is N#CC(=Cc1cc(Cl)c(OCc2ccccc2F)c(Br)c1)c1ccccc1Cl. The zero-order chi connectivity index (χ0) is 20.1. The van der Waals surface area contributed by atoms with Crippen LogP contribution in [0.4, 0.5) is 4.39 Å². The molecule has 0 bridgehead atoms. The number of benzene rings is 3. The number of nitriles is 1. The molecular formula is C22H13BrCl2FNO. The van der Waals surface area contributed by atoms with Crippen LogP contribution in [-0.2, 0) is 6.61 Å². The van der Waals surface area contributed by atoms with E-state index >= 15 is 0 Å². The van der Waals surface area contributed by atoms with Gasteiger partial charge in [-0.2, -0.15) is 5.26 Å². The Morgan fingerprint density at radius 3 is 2.46 bits per heavy atom. The molecule has 0 fully saturated rings. The van der Waals surface area contributed by atoms with Crippen LogP contribution in [0.25, 0.3) is 11.6 Å². The Bertz CT molecular complexity index is 1070. The highest BCUT2D eigenvalue weighted by Crippen LogP contribution is 2.36. The highest BCUT2D eigenvalue weighted by molar-refractivity contribution is 9.10. The van der Waals surface area contributed by atoms with Crippen LogP contribution in [0.1, 0.15) is 16.7 Å². The van der Waals surface area contributed by atoms with Gasteiger partial charge in [-0.05, 0) is 51.8 Å². The minimum absolute atomic E-state index is 0.0449. The van der Waals surface area contributed by atoms with Gasteiger partial charge in [-0.3, -0.25) is 0 Å². The standard InChI is InChI=1S/C22H13BrCl2FNO/c23-18-10-14(9-16(12-27)17-6-2-3-7-19(17)24)11-20(25)22(18)28-13-15-5-1-4-8-21(15)26/h1-11H,13H2. The zero-order valence-corrected chi connectivity index (χ0v) is 17.5. The number of ether oxygens (including phenoxy) is 1. The maximum Gasteiger partial charge on any atom is 0.152 e. The van der Waals surface area contributed by atoms with E-state index in [9.17, 15) is 9.65 Å². The molecule has 2 nitrogen and oxygen atoms in total. The van der Waals surface area contributed by atoms with Crippen molar-refractivity contribution in [3.05, 3.63) is 97.7 Å². The van der Waals surface area contributed by atoms with E-state index in [1.165, 1.54) is 6.07 Å². The molecule has 140 valence electrons. The van der Waals surface area contributed by atoms with Gasteiger partial charge in [0.1, 0.15) is 12.4 Å². The minimum Gasteiger partial charge on any atom is -0.486 e. The van der Waals surface area contributed by atoms with Gasteiger partial charge in [0.2, 0.25) is 0 Å². The van der Waals surface area contributed by atoms with Crippen LogP contribution in [0.5, 0.6) is 5.75 Å². The van der Waals surface area contributed by atoms with Crippen molar-refractivity contribution < 1.29 is 9.13 Å². The Labute approximate surface area is 180 Å². The molecule has 0 N–H and O–H groups in total. The van der Waals surface area contributed by atoms with Crippen molar-refractivity contribution in [3.63, 3.8) is 0 Å². The molecule has 0 aliphatic rings. The molecule has 3 rings (SSSR count). The predicted octanol–water partition coefficient (Wildman–Crippen LogP) is 7.54. The van der Waals surface area contributed by atoms with Crippen molar-refractivity contribution in [2.45, 2.75) is 6.61 Å². The second-order valence-electron chi connectivity index (χ2n) is 5.84. The van der Waals surface area contributed by atoms with Crippen molar-refractivity contribution in [3.8, 4) is 11.8 Å². The fourth-order valence-corrected chi connectivity index (χ4v) is 3.81. The largest absolute Gasteiger partial charge is 0.486 e. The van der Waals surface area contributed by atoms with Crippen molar-refractivity contribution >= 4 is 50.8 Å². The molecule has 0 aliphatic heterocycles. The summed E-state index contributed by atoms with van der Waals surface area (Å²) >= 11 is 16.0. The van der Waals surface area contributed by atoms with Gasteiger partial charge < -0.3 is 4.74 Å². The molecule has 0 radical (unpaired) electrons. The molecule has 0 spiro atoms. The highest BCUT2D eigenvalue weighted by atomic mass is 79.9. The lowest BCUT2D eigenvalue weighted by molar-refractivity contribution is 0.298. The number of allylic oxidation sites excluding steroid dienone is 1. The summed E-state index contributed by atoms with van der Waals surface area (Å²) in [7, 11) is 0. The molecule has 3 aromatic carbocycles. The zero-order valence-electron chi connectivity index (χ0n) is 14.4. The van der Waals surface area contributed by atoms with Gasteiger partial charge in [-0.1, -0.05) is 59.6 Å². The van der Waals surface area contributed by atoms with E-state index in [-0.39, 0.29) is 12.4 Å². The van der Waals surface area contributed by atoms with Gasteiger partial charge in [0.15, 0.2) is 5.75 Å². The summed E-state index contributed by atoms with van der Waals surface area (Å²) < 4.78 is 20.1. The van der Waals surface area contributed by atoms with Crippen molar-refractivity contribution in [1.82, 2.24) is 0 Å². The maximum absolute atomic E-state index is 13.8. The lowest BCUT2D eigenvalue weighted by atomic mass is 10.0. The van der Waals surface area contributed by atoms with Gasteiger partial charge in [0.05, 0.1) is 21.1 Å². The van der Waals surface area contributed by atoms with Crippen LogP contribution >= 0.6 is 39.1 Å². The van der Waals surface area contributed by atoms with E-state index in [1.54, 1.807) is 54.6 Å². The fraction of sp³-hybridized carbons (Fsp3) is 0.0455. The Morgan fingerprint density at radius 1 is 1.07 bits per heavy atom. The molecule has 6 heteroatoms. The van der Waals surface area contributed by atoms with E-state index in [2.05, 4.69) is 22.0 Å². The lowest BCUT2D eigenvalue weighted by Crippen LogP contribution is -1.99. The second kappa shape index (κ2) is 9.25. The first-order valence-corrected chi connectivity index (χ1v) is 9.76. The first-order valence-electron chi connectivity index (χ1n) is 8.21. The number of hydrogen-bond donors (Lipinski definition) is 0. The van der Waals surface area contributed by atoms with Crippen LogP contribution < -0.4 is 4.74 Å². The summed E-state index contributed by atoms with van der Waals surface area (Å²) in [6.45, 7) is 0.0449. The summed E-state index contributed by atoms with van der Waals surface area (Å²) in [5.41, 5.74) is 2.18. The van der Waals surface area contributed by atoms with Gasteiger partial charge in [0.25, 0.3) is 0 Å². The van der Waals surface area contributed by atoms with E-state index in [0.29, 0.717) is 42.5 Å². The Hall–Kier alpha value is -2.32. The van der Waals surface area contributed by atoms with Gasteiger partial charge >= 0.3 is 0 Å². The number of halogens is 4. The van der Waals surface area contributed by atoms with Crippen LogP contribution in [0.15, 0.2) is 65.1 Å². The van der Waals surface area contributed by atoms with Crippen LogP contribution in [0.3, 0.4) is 0 Å². The first kappa shape index (κ1) is 20.4. The van der Waals surface area contributed by atoms with Crippen LogP contribution in [0, 0.1) is 17.1 Å². The molecule has 0 atom stereocenters. The quantitative estimate of drug-likeness (QED) is 0.281. The van der Waals surface area contributed by atoms with Crippen LogP contribution in [-0.4, -0.2) is 0 Å². The normalized spacial score (nSPS) is 11.2. The monoisotopic (exact) mass is 475 g/mol. The molecule has 0 saturated heterocycles. The Kier molecular flexibility index (Phi) is 6.74. The summed E-state index contributed by atoms with van der Waals surface area (Å²) in [6.07, 6.45) is 1.69. The Morgan fingerprint density at radius 2 is 1.79 bits per heavy atom. The molecule has 0 amide bonds. The van der Waals surface area contributed by atoms with E-state index in [4.69, 9.17) is 27.9 Å². The summed E-state index contributed by atoms with van der Waals surface area (Å²) in [4.78, 5) is 0. The average Bonchev–Trinajstić information content (AvgIpc) is 2.67. The average molecular weight is 477 g/mol. The molecule has 3 aromatic rings. The topological polar surface area (TPSA) is 33.0 Å². The van der Waals surface area contributed by atoms with E-state index < -0.39 is 0 Å². The summed E-state index contributed by atoms with van der Waals surface area (Å²) in [6, 6.07) is 19.1. The number of hydrogen-bond acceptors (Lipinski definition) is 2. The minimum atomic E-state index is -0.340. The van der Waals surface area contributed by atoms with Crippen molar-refractivity contribution in [1.29, 1.82) is 5.26 Å². The second-order valence-corrected chi connectivity index (χ2v) is 7.51. The molecule has 28 heavy (non-hydrogen) atoms. The number of rotatable bonds is 5. The van der Waals surface area contributed by atoms with E-state index in [1.807, 2.05) is 6.07 Å². The first-order chi connectivity index (χ1) is 13.5. The third kappa shape index (κ3) is 4.74. The maximum atomic E-state index is 13.8. The van der Waals surface area contributed by atoms with Crippen LogP contribution in [0.2, 0.25) is 10.0 Å². The lowest BCUT2D eigenvalue weighted by Gasteiger charge is -2.12. The molecule has 0 heterocycles. The highest BCUT2D eigenvalue weighted by Gasteiger charge is 2.12. The molecule has 0 aliphatic carbocycles. The summed E-state index contributed by atoms with van der Waals surface area (Å²) in [5.74, 6) is 0.0611. The number of nitrogens with zero attached hydrogens (tertiary/aromatic N) is 1.